The summed E-state index contributed by atoms with van der Waals surface area (Å²) in [6, 6.07) is 10.6. The van der Waals surface area contributed by atoms with Crippen LogP contribution in [0.5, 0.6) is 0 Å². The molecule has 0 aliphatic heterocycles. The van der Waals surface area contributed by atoms with E-state index < -0.39 is 11.5 Å². The first kappa shape index (κ1) is 15.0. The van der Waals surface area contributed by atoms with E-state index in [9.17, 15) is 15.2 Å². The van der Waals surface area contributed by atoms with Gasteiger partial charge in [-0.3, -0.25) is 4.79 Å². The quantitative estimate of drug-likeness (QED) is 0.681. The largest absolute Gasteiger partial charge is 0.497 e. The van der Waals surface area contributed by atoms with Crippen molar-refractivity contribution in [3.8, 4) is 6.07 Å². The summed E-state index contributed by atoms with van der Waals surface area (Å²) in [4.78, 5) is 12.6. The molecule has 2 atom stereocenters. The van der Waals surface area contributed by atoms with Crippen molar-refractivity contribution in [2.24, 2.45) is 5.92 Å². The van der Waals surface area contributed by atoms with Gasteiger partial charge in [-0.2, -0.15) is 5.26 Å². The van der Waals surface area contributed by atoms with Crippen molar-refractivity contribution in [2.45, 2.75) is 18.9 Å². The van der Waals surface area contributed by atoms with Crippen LogP contribution in [0.3, 0.4) is 0 Å². The first-order valence-corrected chi connectivity index (χ1v) is 6.77. The van der Waals surface area contributed by atoms with Crippen molar-refractivity contribution >= 4 is 5.78 Å². The molecule has 0 spiro atoms. The Bertz CT molecular complexity index is 640. The molecular weight excluding hydrogens is 266 g/mol. The SMILES string of the molecule is CCC1=C(OC)C=CC(C(=O)c2ccccc2)C1(O)C#N. The minimum Gasteiger partial charge on any atom is -0.497 e. The molecule has 1 aliphatic rings. The first-order chi connectivity index (χ1) is 10.1. The molecule has 4 nitrogen and oxygen atoms in total. The number of carbonyl (C=O) groups is 1. The molecular formula is C17H17NO3. The molecule has 0 aromatic heterocycles. The molecule has 0 amide bonds. The first-order valence-electron chi connectivity index (χ1n) is 6.77. The van der Waals surface area contributed by atoms with Crippen LogP contribution in [0, 0.1) is 17.2 Å². The summed E-state index contributed by atoms with van der Waals surface area (Å²) >= 11 is 0. The Labute approximate surface area is 124 Å². The highest BCUT2D eigenvalue weighted by Gasteiger charge is 2.46. The summed E-state index contributed by atoms with van der Waals surface area (Å²) in [6.07, 6.45) is 3.61. The number of benzene rings is 1. The smallest absolute Gasteiger partial charge is 0.190 e. The third kappa shape index (κ3) is 2.48. The fourth-order valence-electron chi connectivity index (χ4n) is 2.63. The Morgan fingerprint density at radius 1 is 1.43 bits per heavy atom. The van der Waals surface area contributed by atoms with E-state index in [2.05, 4.69) is 0 Å². The minimum absolute atomic E-state index is 0.281. The third-order valence-electron chi connectivity index (χ3n) is 3.73. The average Bonchev–Trinajstić information content (AvgIpc) is 2.54. The monoisotopic (exact) mass is 283 g/mol. The van der Waals surface area contributed by atoms with Crippen LogP contribution in [0.1, 0.15) is 23.7 Å². The highest BCUT2D eigenvalue weighted by Crippen LogP contribution is 2.37. The Kier molecular flexibility index (Phi) is 4.25. The molecule has 1 aromatic carbocycles. The molecule has 108 valence electrons. The Hall–Kier alpha value is -2.38. The molecule has 21 heavy (non-hydrogen) atoms. The number of hydrogen-bond donors (Lipinski definition) is 1. The average molecular weight is 283 g/mol. The van der Waals surface area contributed by atoms with Gasteiger partial charge >= 0.3 is 0 Å². The van der Waals surface area contributed by atoms with Crippen LogP contribution in [0.25, 0.3) is 0 Å². The van der Waals surface area contributed by atoms with Gasteiger partial charge in [0.15, 0.2) is 11.4 Å². The van der Waals surface area contributed by atoms with Gasteiger partial charge in [0.05, 0.1) is 13.0 Å². The molecule has 1 aliphatic carbocycles. The lowest BCUT2D eigenvalue weighted by atomic mass is 9.73. The maximum absolute atomic E-state index is 12.6. The van der Waals surface area contributed by atoms with Crippen LogP contribution in [-0.2, 0) is 4.74 Å². The van der Waals surface area contributed by atoms with E-state index in [1.807, 2.05) is 19.1 Å². The van der Waals surface area contributed by atoms with Crippen LogP contribution in [-0.4, -0.2) is 23.6 Å². The van der Waals surface area contributed by atoms with Crippen molar-refractivity contribution in [1.29, 1.82) is 5.26 Å². The summed E-state index contributed by atoms with van der Waals surface area (Å²) in [5, 5.41) is 20.2. The number of hydrogen-bond acceptors (Lipinski definition) is 4. The Morgan fingerprint density at radius 2 is 2.10 bits per heavy atom. The predicted molar refractivity (Wildman–Crippen MR) is 78.3 cm³/mol. The normalized spacial score (nSPS) is 24.6. The van der Waals surface area contributed by atoms with Gasteiger partial charge in [0.1, 0.15) is 11.8 Å². The summed E-state index contributed by atoms with van der Waals surface area (Å²) < 4.78 is 5.20. The van der Waals surface area contributed by atoms with E-state index in [1.54, 1.807) is 30.3 Å². The van der Waals surface area contributed by atoms with E-state index >= 15 is 0 Å². The van der Waals surface area contributed by atoms with Crippen molar-refractivity contribution in [1.82, 2.24) is 0 Å². The fourth-order valence-corrected chi connectivity index (χ4v) is 2.63. The zero-order valence-corrected chi connectivity index (χ0v) is 12.0. The van der Waals surface area contributed by atoms with Gasteiger partial charge in [-0.1, -0.05) is 43.3 Å². The topological polar surface area (TPSA) is 70.3 Å². The van der Waals surface area contributed by atoms with Crippen molar-refractivity contribution in [2.75, 3.05) is 7.11 Å². The molecule has 0 heterocycles. The van der Waals surface area contributed by atoms with Crippen LogP contribution < -0.4 is 0 Å². The maximum Gasteiger partial charge on any atom is 0.190 e. The number of rotatable bonds is 4. The number of methoxy groups -OCH3 is 1. The van der Waals surface area contributed by atoms with Gasteiger partial charge in [0, 0.05) is 11.1 Å². The second-order valence-corrected chi connectivity index (χ2v) is 4.85. The molecule has 4 heteroatoms. The van der Waals surface area contributed by atoms with Crippen molar-refractivity contribution < 1.29 is 14.6 Å². The van der Waals surface area contributed by atoms with E-state index in [1.165, 1.54) is 13.2 Å². The number of nitriles is 1. The maximum atomic E-state index is 12.6. The van der Waals surface area contributed by atoms with E-state index in [4.69, 9.17) is 4.74 Å². The molecule has 0 fully saturated rings. The van der Waals surface area contributed by atoms with Gasteiger partial charge in [-0.25, -0.2) is 0 Å². The lowest BCUT2D eigenvalue weighted by Gasteiger charge is -2.33. The Morgan fingerprint density at radius 3 is 2.62 bits per heavy atom. The molecule has 0 bridgehead atoms. The van der Waals surface area contributed by atoms with E-state index in [0.717, 1.165) is 0 Å². The molecule has 2 rings (SSSR count). The zero-order valence-electron chi connectivity index (χ0n) is 12.0. The van der Waals surface area contributed by atoms with Gasteiger partial charge in [0.25, 0.3) is 0 Å². The van der Waals surface area contributed by atoms with Crippen molar-refractivity contribution in [3.63, 3.8) is 0 Å². The van der Waals surface area contributed by atoms with E-state index in [-0.39, 0.29) is 5.78 Å². The summed E-state index contributed by atoms with van der Waals surface area (Å²) in [5.74, 6) is -0.769. The van der Waals surface area contributed by atoms with Crippen molar-refractivity contribution in [3.05, 3.63) is 59.4 Å². The van der Waals surface area contributed by atoms with Crippen LogP contribution in [0.2, 0.25) is 0 Å². The van der Waals surface area contributed by atoms with Crippen LogP contribution in [0.15, 0.2) is 53.8 Å². The molecule has 0 radical (unpaired) electrons. The highest BCUT2D eigenvalue weighted by molar-refractivity contribution is 6.00. The number of Topliss-reactive ketones (excluding diaryl/α,β-unsaturated/α-hetero) is 1. The van der Waals surface area contributed by atoms with Gasteiger partial charge in [0.2, 0.25) is 0 Å². The molecule has 0 saturated carbocycles. The predicted octanol–water partition coefficient (Wildman–Crippen LogP) is 2.62. The number of nitrogens with zero attached hydrogens (tertiary/aromatic N) is 1. The van der Waals surface area contributed by atoms with E-state index in [0.29, 0.717) is 23.3 Å². The standard InChI is InChI=1S/C17H17NO3/c1-3-13-15(21-2)10-9-14(17(13,20)11-18)16(19)12-7-5-4-6-8-12/h4-10,14,20H,3H2,1-2H3. The Balaban J connectivity index is 2.48. The third-order valence-corrected chi connectivity index (χ3v) is 3.73. The highest BCUT2D eigenvalue weighted by atomic mass is 16.5. The van der Waals surface area contributed by atoms with Crippen LogP contribution >= 0.6 is 0 Å². The summed E-state index contributed by atoms with van der Waals surface area (Å²) in [7, 11) is 1.48. The zero-order chi connectivity index (χ0) is 15.5. The molecule has 1 aromatic rings. The minimum atomic E-state index is -1.87. The molecule has 1 N–H and O–H groups in total. The fraction of sp³-hybridized carbons (Fsp3) is 0.294. The second kappa shape index (κ2) is 5.94. The number of carbonyl (C=O) groups excluding carboxylic acids is 1. The number of ether oxygens (including phenoxy) is 1. The van der Waals surface area contributed by atoms with Gasteiger partial charge < -0.3 is 9.84 Å². The molecule has 0 saturated heterocycles. The lowest BCUT2D eigenvalue weighted by molar-refractivity contribution is 0.0594. The van der Waals surface area contributed by atoms with Crippen LogP contribution in [0.4, 0.5) is 0 Å². The number of ketones is 1. The van der Waals surface area contributed by atoms with Gasteiger partial charge in [-0.15, -0.1) is 0 Å². The summed E-state index contributed by atoms with van der Waals surface area (Å²) in [6.45, 7) is 1.82. The number of allylic oxidation sites excluding steroid dienone is 1. The summed E-state index contributed by atoms with van der Waals surface area (Å²) in [5.41, 5.74) is -0.969. The molecule has 2 unspecified atom stereocenters. The number of aliphatic hydroxyl groups is 1. The van der Waals surface area contributed by atoms with Gasteiger partial charge in [-0.05, 0) is 12.5 Å². The lowest BCUT2D eigenvalue weighted by Crippen LogP contribution is -2.44. The second-order valence-electron chi connectivity index (χ2n) is 4.85.